The molecular weight excluding hydrogens is 460 g/mol. The highest BCUT2D eigenvalue weighted by Crippen LogP contribution is 2.32. The first-order valence-corrected chi connectivity index (χ1v) is 12.4. The monoisotopic (exact) mass is 488 g/mol. The van der Waals surface area contributed by atoms with Gasteiger partial charge in [0.05, 0.1) is 17.6 Å². The molecule has 7 nitrogen and oxygen atoms in total. The fraction of sp³-hybridized carbons (Fsp3) is 0.370. The van der Waals surface area contributed by atoms with Crippen molar-refractivity contribution in [1.82, 2.24) is 29.8 Å². The van der Waals surface area contributed by atoms with Crippen LogP contribution in [0.2, 0.25) is 5.02 Å². The maximum Gasteiger partial charge on any atom is 0.260 e. The van der Waals surface area contributed by atoms with Crippen molar-refractivity contribution in [3.05, 3.63) is 69.8 Å². The first-order valence-electron chi connectivity index (χ1n) is 12.1. The Kier molecular flexibility index (Phi) is 6.62. The Morgan fingerprint density at radius 1 is 1.03 bits per heavy atom. The Morgan fingerprint density at radius 3 is 2.54 bits per heavy atom. The van der Waals surface area contributed by atoms with Crippen LogP contribution in [-0.2, 0) is 6.54 Å². The summed E-state index contributed by atoms with van der Waals surface area (Å²) in [5.41, 5.74) is 4.30. The zero-order chi connectivity index (χ0) is 24.5. The Balaban J connectivity index is 1.58. The molecule has 0 spiro atoms. The van der Waals surface area contributed by atoms with Gasteiger partial charge in [-0.05, 0) is 64.6 Å². The first-order chi connectivity index (χ1) is 16.9. The lowest BCUT2D eigenvalue weighted by atomic mass is 9.86. The largest absolute Gasteiger partial charge is 0.317 e. The van der Waals surface area contributed by atoms with Gasteiger partial charge in [-0.2, -0.15) is 0 Å². The Bertz CT molecular complexity index is 1440. The quantitative estimate of drug-likeness (QED) is 0.427. The summed E-state index contributed by atoms with van der Waals surface area (Å²) in [7, 11) is 2.02. The molecule has 3 aromatic heterocycles. The van der Waals surface area contributed by atoms with Crippen LogP contribution in [0, 0.1) is 19.8 Å². The third-order valence-corrected chi connectivity index (χ3v) is 7.27. The van der Waals surface area contributed by atoms with Crippen LogP contribution in [0.15, 0.2) is 47.7 Å². The van der Waals surface area contributed by atoms with E-state index in [1.807, 2.05) is 49.7 Å². The second-order valence-electron chi connectivity index (χ2n) is 9.42. The Hall–Kier alpha value is -3.16. The number of fused-ring (bicyclic) bond motifs is 1. The van der Waals surface area contributed by atoms with Gasteiger partial charge in [0.1, 0.15) is 11.5 Å². The second kappa shape index (κ2) is 9.84. The molecule has 35 heavy (non-hydrogen) atoms. The predicted octanol–water partition coefficient (Wildman–Crippen LogP) is 4.96. The molecular formula is C27H29ClN6O. The molecule has 0 amide bonds. The topological polar surface area (TPSA) is 85.6 Å². The van der Waals surface area contributed by atoms with Crippen molar-refractivity contribution in [3.63, 3.8) is 0 Å². The number of rotatable bonds is 5. The fourth-order valence-corrected chi connectivity index (χ4v) is 5.28. The molecule has 0 atom stereocenters. The van der Waals surface area contributed by atoms with Gasteiger partial charge in [0.25, 0.3) is 5.56 Å². The van der Waals surface area contributed by atoms with Crippen molar-refractivity contribution in [1.29, 1.82) is 0 Å². The van der Waals surface area contributed by atoms with Gasteiger partial charge in [-0.1, -0.05) is 23.7 Å². The highest BCUT2D eigenvalue weighted by Gasteiger charge is 2.23. The third-order valence-electron chi connectivity index (χ3n) is 6.95. The molecule has 0 saturated heterocycles. The van der Waals surface area contributed by atoms with Crippen LogP contribution in [0.5, 0.6) is 0 Å². The van der Waals surface area contributed by atoms with Gasteiger partial charge < -0.3 is 5.32 Å². The van der Waals surface area contributed by atoms with Crippen molar-refractivity contribution in [2.75, 3.05) is 7.05 Å². The third kappa shape index (κ3) is 4.83. The molecule has 180 valence electrons. The van der Waals surface area contributed by atoms with Crippen molar-refractivity contribution in [3.8, 4) is 22.4 Å². The molecule has 1 N–H and O–H groups in total. The summed E-state index contributed by atoms with van der Waals surface area (Å²) in [5.74, 6) is 1.09. The first kappa shape index (κ1) is 23.6. The van der Waals surface area contributed by atoms with E-state index in [-0.39, 0.29) is 5.56 Å². The maximum atomic E-state index is 13.8. The van der Waals surface area contributed by atoms with Gasteiger partial charge in [0, 0.05) is 52.1 Å². The van der Waals surface area contributed by atoms with E-state index < -0.39 is 0 Å². The number of hydrogen-bond donors (Lipinski definition) is 1. The normalized spacial score (nSPS) is 18.2. The number of aryl methyl sites for hydroxylation is 2. The molecule has 1 aliphatic rings. The average Bonchev–Trinajstić information content (AvgIpc) is 2.86. The molecule has 1 aromatic carbocycles. The summed E-state index contributed by atoms with van der Waals surface area (Å²) in [6, 6.07) is 8.09. The number of aromatic nitrogens is 5. The molecule has 1 aliphatic carbocycles. The molecule has 1 fully saturated rings. The van der Waals surface area contributed by atoms with Gasteiger partial charge in [-0.3, -0.25) is 14.3 Å². The zero-order valence-corrected chi connectivity index (χ0v) is 21.0. The number of pyridine rings is 1. The highest BCUT2D eigenvalue weighted by molar-refractivity contribution is 6.33. The molecule has 4 aromatic rings. The summed E-state index contributed by atoms with van der Waals surface area (Å²) in [6.45, 7) is 4.40. The Morgan fingerprint density at radius 2 is 1.83 bits per heavy atom. The van der Waals surface area contributed by atoms with E-state index in [0.29, 0.717) is 46.1 Å². The molecule has 8 heteroatoms. The van der Waals surface area contributed by atoms with E-state index in [1.165, 1.54) is 0 Å². The van der Waals surface area contributed by atoms with Crippen LogP contribution in [0.1, 0.15) is 37.2 Å². The van der Waals surface area contributed by atoms with Crippen LogP contribution in [0.3, 0.4) is 0 Å². The number of halogens is 1. The SMILES string of the molecule is CN[C@H]1CC[C@H](Cn2c(=O)c(-c3ccc(-c4cncc(C)n4)cc3Cl)cc3cnc(C)nc32)CC1. The lowest BCUT2D eigenvalue weighted by molar-refractivity contribution is 0.275. The van der Waals surface area contributed by atoms with Crippen LogP contribution in [-0.4, -0.2) is 37.6 Å². The molecule has 0 radical (unpaired) electrons. The van der Waals surface area contributed by atoms with Crippen molar-refractivity contribution in [2.45, 2.75) is 52.1 Å². The molecule has 0 bridgehead atoms. The summed E-state index contributed by atoms with van der Waals surface area (Å²) >= 11 is 6.74. The van der Waals surface area contributed by atoms with Crippen LogP contribution < -0.4 is 10.9 Å². The van der Waals surface area contributed by atoms with E-state index in [4.69, 9.17) is 11.6 Å². The van der Waals surface area contributed by atoms with Crippen molar-refractivity contribution >= 4 is 22.6 Å². The van der Waals surface area contributed by atoms with Crippen molar-refractivity contribution in [2.24, 2.45) is 5.92 Å². The smallest absolute Gasteiger partial charge is 0.260 e. The van der Waals surface area contributed by atoms with E-state index in [0.717, 1.165) is 48.0 Å². The lowest BCUT2D eigenvalue weighted by Gasteiger charge is -2.29. The van der Waals surface area contributed by atoms with Crippen LogP contribution >= 0.6 is 11.6 Å². The van der Waals surface area contributed by atoms with E-state index in [1.54, 1.807) is 18.6 Å². The van der Waals surface area contributed by atoms with Gasteiger partial charge in [0.2, 0.25) is 0 Å². The van der Waals surface area contributed by atoms with E-state index in [2.05, 4.69) is 25.3 Å². The summed E-state index contributed by atoms with van der Waals surface area (Å²) in [6.07, 6.45) is 9.63. The highest BCUT2D eigenvalue weighted by atomic mass is 35.5. The number of hydrogen-bond acceptors (Lipinski definition) is 6. The maximum absolute atomic E-state index is 13.8. The van der Waals surface area contributed by atoms with Gasteiger partial charge in [0.15, 0.2) is 0 Å². The summed E-state index contributed by atoms with van der Waals surface area (Å²) < 4.78 is 1.83. The lowest BCUT2D eigenvalue weighted by Crippen LogP contribution is -2.33. The Labute approximate surface area is 209 Å². The molecule has 0 aliphatic heterocycles. The molecule has 0 unspecified atom stereocenters. The van der Waals surface area contributed by atoms with Crippen molar-refractivity contribution < 1.29 is 0 Å². The van der Waals surface area contributed by atoms with Crippen LogP contribution in [0.25, 0.3) is 33.4 Å². The zero-order valence-electron chi connectivity index (χ0n) is 20.3. The van der Waals surface area contributed by atoms with E-state index >= 15 is 0 Å². The minimum absolute atomic E-state index is 0.0728. The average molecular weight is 489 g/mol. The molecule has 3 heterocycles. The number of nitrogens with one attached hydrogen (secondary N) is 1. The summed E-state index contributed by atoms with van der Waals surface area (Å²) in [4.78, 5) is 31.6. The van der Waals surface area contributed by atoms with E-state index in [9.17, 15) is 4.79 Å². The van der Waals surface area contributed by atoms with Gasteiger partial charge in [-0.25, -0.2) is 15.0 Å². The minimum Gasteiger partial charge on any atom is -0.317 e. The van der Waals surface area contributed by atoms with Gasteiger partial charge in [-0.15, -0.1) is 0 Å². The number of benzene rings is 1. The van der Waals surface area contributed by atoms with Crippen LogP contribution in [0.4, 0.5) is 0 Å². The molecule has 1 saturated carbocycles. The minimum atomic E-state index is -0.0728. The standard InChI is InChI=1S/C27H29ClN6O/c1-16-12-30-14-25(32-16)19-6-9-22(24(28)11-19)23-10-20-13-31-17(2)33-26(20)34(27(23)35)15-18-4-7-21(29-3)8-5-18/h6,9-14,18,21,29H,4-5,7-8,15H2,1-3H3/t18-,21-. The molecule has 5 rings (SSSR count). The predicted molar refractivity (Wildman–Crippen MR) is 140 cm³/mol. The fourth-order valence-electron chi connectivity index (χ4n) is 4.99. The number of nitrogens with zero attached hydrogens (tertiary/aromatic N) is 5. The van der Waals surface area contributed by atoms with Gasteiger partial charge >= 0.3 is 0 Å². The second-order valence-corrected chi connectivity index (χ2v) is 9.82. The summed E-state index contributed by atoms with van der Waals surface area (Å²) in [5, 5.41) is 4.71.